The van der Waals surface area contributed by atoms with Crippen LogP contribution in [0.15, 0.2) is 30.5 Å². The molecule has 0 radical (unpaired) electrons. The van der Waals surface area contributed by atoms with Gasteiger partial charge in [-0.2, -0.15) is 0 Å². The molecular formula is C19H21N5O2S. The summed E-state index contributed by atoms with van der Waals surface area (Å²) in [7, 11) is 0. The number of aryl methyl sites for hydroxylation is 1. The summed E-state index contributed by atoms with van der Waals surface area (Å²) in [6.07, 6.45) is 1.95. The van der Waals surface area contributed by atoms with Crippen molar-refractivity contribution in [2.75, 3.05) is 18.5 Å². The van der Waals surface area contributed by atoms with E-state index in [2.05, 4.69) is 25.8 Å². The smallest absolute Gasteiger partial charge is 0.228 e. The molecule has 1 saturated heterocycles. The molecule has 4 rings (SSSR count). The highest BCUT2D eigenvalue weighted by molar-refractivity contribution is 7.14. The Morgan fingerprint density at radius 1 is 1.33 bits per heavy atom. The molecule has 0 spiro atoms. The maximum Gasteiger partial charge on any atom is 0.228 e. The molecule has 0 bridgehead atoms. The summed E-state index contributed by atoms with van der Waals surface area (Å²) in [6, 6.07) is 8.10. The van der Waals surface area contributed by atoms with E-state index in [1.54, 1.807) is 17.5 Å². The number of carbonyl (C=O) groups excluding carboxylic acids is 1. The van der Waals surface area contributed by atoms with Crippen LogP contribution in [0.3, 0.4) is 0 Å². The summed E-state index contributed by atoms with van der Waals surface area (Å²) in [5, 5.41) is 18.3. The van der Waals surface area contributed by atoms with Crippen molar-refractivity contribution in [2.24, 2.45) is 0 Å². The van der Waals surface area contributed by atoms with Crippen molar-refractivity contribution in [1.82, 2.24) is 20.5 Å². The number of nitrogens with one attached hydrogen (secondary N) is 2. The summed E-state index contributed by atoms with van der Waals surface area (Å²) in [6.45, 7) is 5.42. The minimum Gasteiger partial charge on any atom is -0.375 e. The van der Waals surface area contributed by atoms with Gasteiger partial charge in [-0.15, -0.1) is 10.2 Å². The van der Waals surface area contributed by atoms with Gasteiger partial charge in [0.2, 0.25) is 5.91 Å². The highest BCUT2D eigenvalue weighted by Gasteiger charge is 2.24. The van der Waals surface area contributed by atoms with Gasteiger partial charge in [0.1, 0.15) is 15.8 Å². The van der Waals surface area contributed by atoms with E-state index < -0.39 is 0 Å². The van der Waals surface area contributed by atoms with Gasteiger partial charge in [0, 0.05) is 29.7 Å². The predicted octanol–water partition coefficient (Wildman–Crippen LogP) is 2.77. The van der Waals surface area contributed by atoms with Crippen molar-refractivity contribution in [2.45, 2.75) is 32.4 Å². The first-order valence-corrected chi connectivity index (χ1v) is 9.75. The number of morpholine rings is 1. The Bertz CT molecular complexity index is 974. The number of rotatable bonds is 4. The van der Waals surface area contributed by atoms with E-state index in [1.807, 2.05) is 38.1 Å². The molecule has 2 atom stereocenters. The van der Waals surface area contributed by atoms with E-state index in [0.29, 0.717) is 18.8 Å². The topological polar surface area (TPSA) is 89.0 Å². The van der Waals surface area contributed by atoms with Crippen LogP contribution >= 0.6 is 11.3 Å². The first kappa shape index (κ1) is 18.0. The molecule has 1 fully saturated rings. The molecule has 0 saturated carbocycles. The quantitative estimate of drug-likeness (QED) is 0.720. The molecule has 1 aromatic carbocycles. The third-order valence-corrected chi connectivity index (χ3v) is 5.49. The highest BCUT2D eigenvalue weighted by atomic mass is 32.1. The number of hydrogen-bond donors (Lipinski definition) is 2. The first-order chi connectivity index (χ1) is 13.1. The molecule has 8 heteroatoms. The molecule has 1 aliphatic rings. The van der Waals surface area contributed by atoms with E-state index in [-0.39, 0.29) is 18.1 Å². The molecule has 3 aromatic rings. The van der Waals surface area contributed by atoms with Gasteiger partial charge < -0.3 is 15.4 Å². The van der Waals surface area contributed by atoms with E-state index in [4.69, 9.17) is 4.74 Å². The first-order valence-electron chi connectivity index (χ1n) is 8.93. The maximum absolute atomic E-state index is 12.4. The zero-order valence-electron chi connectivity index (χ0n) is 15.2. The molecule has 2 unspecified atom stereocenters. The van der Waals surface area contributed by atoms with Crippen LogP contribution in [0.5, 0.6) is 0 Å². The van der Waals surface area contributed by atoms with Crippen LogP contribution in [0.2, 0.25) is 0 Å². The standard InChI is InChI=1S/C19H21N5O2S/c1-11-16(26-6-5-20-11)9-18(25)22-17-8-15-7-13(3-4-14(15)10-21-17)19-24-23-12(2)27-19/h3-4,7-8,10-11,16,20H,5-6,9H2,1-2H3,(H,21,22,25). The van der Waals surface area contributed by atoms with Gasteiger partial charge in [-0.05, 0) is 31.4 Å². The SMILES string of the molecule is Cc1nnc(-c2ccc3cnc(NC(=O)CC4OCCNC4C)cc3c2)s1. The fraction of sp³-hybridized carbons (Fsp3) is 0.368. The van der Waals surface area contributed by atoms with Gasteiger partial charge in [-0.1, -0.05) is 23.5 Å². The Hall–Kier alpha value is -2.42. The minimum atomic E-state index is -0.119. The fourth-order valence-corrected chi connectivity index (χ4v) is 3.83. The second-order valence-electron chi connectivity index (χ2n) is 6.66. The Labute approximate surface area is 161 Å². The highest BCUT2D eigenvalue weighted by Crippen LogP contribution is 2.27. The zero-order chi connectivity index (χ0) is 18.8. The van der Waals surface area contributed by atoms with Crippen LogP contribution in [0.1, 0.15) is 18.4 Å². The molecule has 2 N–H and O–H groups in total. The summed E-state index contributed by atoms with van der Waals surface area (Å²) in [5.41, 5.74) is 1.01. The van der Waals surface area contributed by atoms with Gasteiger partial charge in [-0.25, -0.2) is 4.98 Å². The second kappa shape index (κ2) is 7.67. The number of aromatic nitrogens is 3. The zero-order valence-corrected chi connectivity index (χ0v) is 16.0. The van der Waals surface area contributed by atoms with Gasteiger partial charge in [-0.3, -0.25) is 4.79 Å². The summed E-state index contributed by atoms with van der Waals surface area (Å²) in [4.78, 5) is 16.7. The van der Waals surface area contributed by atoms with Crippen LogP contribution in [0.4, 0.5) is 5.82 Å². The van der Waals surface area contributed by atoms with Crippen LogP contribution < -0.4 is 10.6 Å². The maximum atomic E-state index is 12.4. The molecule has 0 aliphatic carbocycles. The monoisotopic (exact) mass is 383 g/mol. The third-order valence-electron chi connectivity index (χ3n) is 4.61. The Balaban J connectivity index is 1.51. The van der Waals surface area contributed by atoms with E-state index in [1.165, 1.54) is 0 Å². The van der Waals surface area contributed by atoms with Crippen LogP contribution in [-0.4, -0.2) is 46.4 Å². The fourth-order valence-electron chi connectivity index (χ4n) is 3.14. The van der Waals surface area contributed by atoms with Gasteiger partial charge in [0.25, 0.3) is 0 Å². The average Bonchev–Trinajstić information content (AvgIpc) is 3.09. The lowest BCUT2D eigenvalue weighted by Crippen LogP contribution is -2.47. The Kier molecular flexibility index (Phi) is 5.11. The minimum absolute atomic E-state index is 0.0988. The predicted molar refractivity (Wildman–Crippen MR) is 106 cm³/mol. The molecule has 1 aliphatic heterocycles. The van der Waals surface area contributed by atoms with Crippen molar-refractivity contribution < 1.29 is 9.53 Å². The Morgan fingerprint density at radius 2 is 2.22 bits per heavy atom. The number of ether oxygens (including phenoxy) is 1. The number of carbonyl (C=O) groups is 1. The molecule has 3 heterocycles. The summed E-state index contributed by atoms with van der Waals surface area (Å²) in [5.74, 6) is 0.438. The largest absolute Gasteiger partial charge is 0.375 e. The lowest BCUT2D eigenvalue weighted by Gasteiger charge is -2.29. The van der Waals surface area contributed by atoms with Crippen molar-refractivity contribution >= 4 is 33.8 Å². The third kappa shape index (κ3) is 4.13. The number of nitrogens with zero attached hydrogens (tertiary/aromatic N) is 3. The molecule has 27 heavy (non-hydrogen) atoms. The average molecular weight is 383 g/mol. The molecule has 7 nitrogen and oxygen atoms in total. The molecule has 140 valence electrons. The van der Waals surface area contributed by atoms with E-state index in [0.717, 1.165) is 32.9 Å². The second-order valence-corrected chi connectivity index (χ2v) is 7.84. The number of hydrogen-bond acceptors (Lipinski definition) is 7. The summed E-state index contributed by atoms with van der Waals surface area (Å²) >= 11 is 1.56. The van der Waals surface area contributed by atoms with Crippen molar-refractivity contribution in [1.29, 1.82) is 0 Å². The molecule has 2 aromatic heterocycles. The number of amides is 1. The lowest BCUT2D eigenvalue weighted by atomic mass is 10.1. The van der Waals surface area contributed by atoms with Crippen LogP contribution in [0, 0.1) is 6.92 Å². The number of benzene rings is 1. The van der Waals surface area contributed by atoms with Crippen LogP contribution in [-0.2, 0) is 9.53 Å². The number of anilines is 1. The normalized spacial score (nSPS) is 19.9. The van der Waals surface area contributed by atoms with E-state index in [9.17, 15) is 4.79 Å². The van der Waals surface area contributed by atoms with Gasteiger partial charge in [0.05, 0.1) is 19.1 Å². The van der Waals surface area contributed by atoms with Crippen molar-refractivity contribution in [3.63, 3.8) is 0 Å². The molecular weight excluding hydrogens is 362 g/mol. The molecule has 1 amide bonds. The van der Waals surface area contributed by atoms with Crippen molar-refractivity contribution in [3.8, 4) is 10.6 Å². The van der Waals surface area contributed by atoms with Gasteiger partial charge in [0.15, 0.2) is 0 Å². The lowest BCUT2D eigenvalue weighted by molar-refractivity contribution is -0.120. The Morgan fingerprint density at radius 3 is 3.00 bits per heavy atom. The van der Waals surface area contributed by atoms with Gasteiger partial charge >= 0.3 is 0 Å². The van der Waals surface area contributed by atoms with E-state index >= 15 is 0 Å². The van der Waals surface area contributed by atoms with Crippen LogP contribution in [0.25, 0.3) is 21.3 Å². The van der Waals surface area contributed by atoms with Crippen molar-refractivity contribution in [3.05, 3.63) is 35.5 Å². The summed E-state index contributed by atoms with van der Waals surface area (Å²) < 4.78 is 5.68. The number of pyridine rings is 1. The number of fused-ring (bicyclic) bond motifs is 1.